The lowest BCUT2D eigenvalue weighted by Crippen LogP contribution is -2.32. The normalized spacial score (nSPS) is 16.8. The van der Waals surface area contributed by atoms with E-state index in [9.17, 15) is 24.8 Å². The van der Waals surface area contributed by atoms with Crippen LogP contribution in [0.1, 0.15) is 22.7 Å². The van der Waals surface area contributed by atoms with Crippen LogP contribution in [0, 0.1) is 10.1 Å². The zero-order chi connectivity index (χ0) is 25.7. The first-order valence-electron chi connectivity index (χ1n) is 11.2. The molecule has 9 heteroatoms. The van der Waals surface area contributed by atoms with Gasteiger partial charge in [0.1, 0.15) is 18.1 Å². The molecule has 0 spiro atoms. The first-order valence-corrected chi connectivity index (χ1v) is 11.2. The Morgan fingerprint density at radius 3 is 2.42 bits per heavy atom. The molecule has 1 fully saturated rings. The lowest BCUT2D eigenvalue weighted by Gasteiger charge is -2.25. The van der Waals surface area contributed by atoms with Gasteiger partial charge in [-0.25, -0.2) is 0 Å². The summed E-state index contributed by atoms with van der Waals surface area (Å²) in [6.45, 7) is 0.668. The number of amides is 1. The number of nitro benzene ring substituents is 1. The van der Waals surface area contributed by atoms with E-state index in [4.69, 9.17) is 9.47 Å². The summed E-state index contributed by atoms with van der Waals surface area (Å²) in [5, 5.41) is 22.3. The van der Waals surface area contributed by atoms with Crippen molar-refractivity contribution in [3.8, 4) is 5.75 Å². The first-order chi connectivity index (χ1) is 17.4. The zero-order valence-electron chi connectivity index (χ0n) is 19.5. The summed E-state index contributed by atoms with van der Waals surface area (Å²) in [4.78, 5) is 37.8. The number of rotatable bonds is 9. The maximum atomic E-state index is 13.0. The third kappa shape index (κ3) is 5.11. The Bertz CT molecular complexity index is 1300. The third-order valence-corrected chi connectivity index (χ3v) is 5.85. The molecule has 1 N–H and O–H groups in total. The number of likely N-dealkylation sites (tertiary alicyclic amines) is 1. The van der Waals surface area contributed by atoms with Gasteiger partial charge >= 0.3 is 0 Å². The number of ether oxygens (including phenoxy) is 2. The van der Waals surface area contributed by atoms with Crippen LogP contribution in [0.25, 0.3) is 5.76 Å². The Hall–Kier alpha value is -4.50. The molecule has 1 saturated heterocycles. The van der Waals surface area contributed by atoms with E-state index < -0.39 is 28.4 Å². The van der Waals surface area contributed by atoms with Gasteiger partial charge in [-0.15, -0.1) is 0 Å². The molecule has 0 saturated carbocycles. The first kappa shape index (κ1) is 24.6. The van der Waals surface area contributed by atoms with Crippen molar-refractivity contribution in [1.29, 1.82) is 0 Å². The molecule has 1 atom stereocenters. The molecule has 0 aliphatic carbocycles. The number of hydrogen-bond acceptors (Lipinski definition) is 7. The van der Waals surface area contributed by atoms with Crippen molar-refractivity contribution in [1.82, 2.24) is 4.90 Å². The second kappa shape index (κ2) is 10.8. The summed E-state index contributed by atoms with van der Waals surface area (Å²) < 4.78 is 10.9. The van der Waals surface area contributed by atoms with Crippen molar-refractivity contribution >= 4 is 23.1 Å². The standard InChI is InChI=1S/C27H24N2O7/c1-35-15-14-28-24(19-10-12-22(13-11-19)36-17-18-6-3-2-4-7-18)23(26(31)27(28)32)25(30)20-8-5-9-21(16-20)29(33)34/h2-13,16,24,30H,14-15,17H2,1H3/b25-23-. The second-order valence-electron chi connectivity index (χ2n) is 8.14. The van der Waals surface area contributed by atoms with E-state index in [1.807, 2.05) is 30.3 Å². The predicted molar refractivity (Wildman–Crippen MR) is 131 cm³/mol. The number of aliphatic hydroxyl groups excluding tert-OH is 1. The van der Waals surface area contributed by atoms with E-state index >= 15 is 0 Å². The van der Waals surface area contributed by atoms with Crippen molar-refractivity contribution in [3.05, 3.63) is 111 Å². The highest BCUT2D eigenvalue weighted by Crippen LogP contribution is 2.40. The fraction of sp³-hybridized carbons (Fsp3) is 0.185. The van der Waals surface area contributed by atoms with Gasteiger partial charge in [-0.3, -0.25) is 19.7 Å². The molecule has 3 aromatic carbocycles. The number of carbonyl (C=O) groups is 2. The largest absolute Gasteiger partial charge is 0.507 e. The van der Waals surface area contributed by atoms with Crippen molar-refractivity contribution in [2.24, 2.45) is 0 Å². The van der Waals surface area contributed by atoms with E-state index in [1.165, 1.54) is 30.2 Å². The Morgan fingerprint density at radius 2 is 1.75 bits per heavy atom. The minimum absolute atomic E-state index is 0.0711. The predicted octanol–water partition coefficient (Wildman–Crippen LogP) is 4.24. The number of hydrogen-bond donors (Lipinski definition) is 1. The Balaban J connectivity index is 1.70. The molecule has 1 aliphatic heterocycles. The lowest BCUT2D eigenvalue weighted by molar-refractivity contribution is -0.384. The molecular formula is C27H24N2O7. The monoisotopic (exact) mass is 488 g/mol. The molecule has 1 heterocycles. The van der Waals surface area contributed by atoms with Crippen LogP contribution in [0.2, 0.25) is 0 Å². The minimum atomic E-state index is -0.900. The molecule has 0 radical (unpaired) electrons. The number of aliphatic hydroxyl groups is 1. The van der Waals surface area contributed by atoms with Crippen LogP contribution in [0.15, 0.2) is 84.4 Å². The molecule has 1 aliphatic rings. The van der Waals surface area contributed by atoms with Crippen LogP contribution in [0.5, 0.6) is 5.75 Å². The third-order valence-electron chi connectivity index (χ3n) is 5.85. The van der Waals surface area contributed by atoms with Crippen LogP contribution < -0.4 is 4.74 Å². The number of carbonyl (C=O) groups excluding carboxylic acids is 2. The number of Topliss-reactive ketones (excluding diaryl/α,β-unsaturated/α-hetero) is 1. The topological polar surface area (TPSA) is 119 Å². The van der Waals surface area contributed by atoms with Crippen molar-refractivity contribution in [2.45, 2.75) is 12.6 Å². The van der Waals surface area contributed by atoms with Gasteiger partial charge in [0.2, 0.25) is 0 Å². The molecule has 3 aromatic rings. The number of nitrogens with zero attached hydrogens (tertiary/aromatic N) is 2. The van der Waals surface area contributed by atoms with Gasteiger partial charge in [-0.1, -0.05) is 54.6 Å². The number of ketones is 1. The molecule has 36 heavy (non-hydrogen) atoms. The van der Waals surface area contributed by atoms with E-state index in [-0.39, 0.29) is 30.0 Å². The summed E-state index contributed by atoms with van der Waals surface area (Å²) >= 11 is 0. The van der Waals surface area contributed by atoms with Crippen molar-refractivity contribution < 1.29 is 29.1 Å². The molecule has 0 aromatic heterocycles. The fourth-order valence-corrected chi connectivity index (χ4v) is 4.06. The molecule has 184 valence electrons. The van der Waals surface area contributed by atoms with Crippen LogP contribution in [-0.4, -0.2) is 46.9 Å². The highest BCUT2D eigenvalue weighted by molar-refractivity contribution is 6.46. The summed E-state index contributed by atoms with van der Waals surface area (Å²) in [5.74, 6) is -1.54. The molecular weight excluding hydrogens is 464 g/mol. The van der Waals surface area contributed by atoms with Gasteiger partial charge in [0.25, 0.3) is 17.4 Å². The number of non-ortho nitro benzene ring substituents is 1. The SMILES string of the molecule is COCCN1C(=O)C(=O)/C(=C(\O)c2cccc([N+](=O)[O-])c2)C1c1ccc(OCc2ccccc2)cc1. The maximum Gasteiger partial charge on any atom is 0.295 e. The molecule has 1 amide bonds. The number of benzene rings is 3. The van der Waals surface area contributed by atoms with E-state index in [0.717, 1.165) is 11.6 Å². The quantitative estimate of drug-likeness (QED) is 0.157. The van der Waals surface area contributed by atoms with Crippen LogP contribution >= 0.6 is 0 Å². The maximum absolute atomic E-state index is 13.0. The van der Waals surface area contributed by atoms with E-state index in [2.05, 4.69) is 0 Å². The minimum Gasteiger partial charge on any atom is -0.507 e. The highest BCUT2D eigenvalue weighted by atomic mass is 16.6. The fourth-order valence-electron chi connectivity index (χ4n) is 4.06. The molecule has 9 nitrogen and oxygen atoms in total. The summed E-state index contributed by atoms with van der Waals surface area (Å²) in [5.41, 5.74) is 1.26. The van der Waals surface area contributed by atoms with Crippen LogP contribution in [0.3, 0.4) is 0 Å². The average molecular weight is 488 g/mol. The Morgan fingerprint density at radius 1 is 1.03 bits per heavy atom. The van der Waals surface area contributed by atoms with Gasteiger partial charge in [0.15, 0.2) is 0 Å². The average Bonchev–Trinajstić information content (AvgIpc) is 3.16. The zero-order valence-corrected chi connectivity index (χ0v) is 19.5. The van der Waals surface area contributed by atoms with Crippen LogP contribution in [0.4, 0.5) is 5.69 Å². The van der Waals surface area contributed by atoms with E-state index in [0.29, 0.717) is 17.9 Å². The van der Waals surface area contributed by atoms with Gasteiger partial charge in [-0.2, -0.15) is 0 Å². The summed E-state index contributed by atoms with van der Waals surface area (Å²) in [6.07, 6.45) is 0. The summed E-state index contributed by atoms with van der Waals surface area (Å²) in [7, 11) is 1.48. The lowest BCUT2D eigenvalue weighted by atomic mass is 9.95. The summed E-state index contributed by atoms with van der Waals surface area (Å²) in [6, 6.07) is 20.9. The highest BCUT2D eigenvalue weighted by Gasteiger charge is 2.46. The van der Waals surface area contributed by atoms with Gasteiger partial charge in [-0.05, 0) is 23.3 Å². The van der Waals surface area contributed by atoms with Gasteiger partial charge in [0.05, 0.1) is 23.1 Å². The van der Waals surface area contributed by atoms with Crippen molar-refractivity contribution in [3.63, 3.8) is 0 Å². The Labute approximate surface area is 207 Å². The molecule has 0 bridgehead atoms. The Kier molecular flexibility index (Phi) is 7.41. The van der Waals surface area contributed by atoms with Gasteiger partial charge < -0.3 is 19.5 Å². The number of nitro groups is 1. The smallest absolute Gasteiger partial charge is 0.295 e. The molecule has 4 rings (SSSR count). The molecule has 1 unspecified atom stereocenters. The van der Waals surface area contributed by atoms with E-state index in [1.54, 1.807) is 24.3 Å². The number of methoxy groups -OCH3 is 1. The van der Waals surface area contributed by atoms with Gasteiger partial charge in [0, 0.05) is 31.4 Å². The van der Waals surface area contributed by atoms with Crippen LogP contribution in [-0.2, 0) is 20.9 Å². The van der Waals surface area contributed by atoms with Crippen molar-refractivity contribution in [2.75, 3.05) is 20.3 Å². The second-order valence-corrected chi connectivity index (χ2v) is 8.14.